The predicted octanol–water partition coefficient (Wildman–Crippen LogP) is 2.96. The minimum Gasteiger partial charge on any atom is -0.311 e. The number of halogens is 1. The highest BCUT2D eigenvalue weighted by molar-refractivity contribution is 6.30. The summed E-state index contributed by atoms with van der Waals surface area (Å²) in [5, 5.41) is 4.53. The maximum atomic E-state index is 5.91. The molecule has 1 saturated heterocycles. The lowest BCUT2D eigenvalue weighted by molar-refractivity contribution is 0.210. The molecule has 1 aromatic rings. The largest absolute Gasteiger partial charge is 0.311 e. The molecule has 0 aliphatic carbocycles. The van der Waals surface area contributed by atoms with E-state index in [1.807, 2.05) is 12.1 Å². The monoisotopic (exact) mass is 290 g/mol. The standard InChI is InChI=1S/C17H23ClN2/c1-3-10-20-11-8-17(9-12-20)19-14(2)13-15-4-6-16(18)7-5-15/h1,4-7,14,17,19H,8-13H2,2H3. The number of rotatable bonds is 5. The zero-order chi connectivity index (χ0) is 14.4. The van der Waals surface area contributed by atoms with Crippen LogP contribution in [0.4, 0.5) is 0 Å². The van der Waals surface area contributed by atoms with Crippen LogP contribution in [0.3, 0.4) is 0 Å². The second-order valence-electron chi connectivity index (χ2n) is 5.65. The van der Waals surface area contributed by atoms with Gasteiger partial charge in [-0.15, -0.1) is 6.42 Å². The molecular formula is C17H23ClN2. The van der Waals surface area contributed by atoms with Crippen LogP contribution in [-0.4, -0.2) is 36.6 Å². The van der Waals surface area contributed by atoms with Gasteiger partial charge in [0.25, 0.3) is 0 Å². The summed E-state index contributed by atoms with van der Waals surface area (Å²) in [6, 6.07) is 9.24. The van der Waals surface area contributed by atoms with E-state index in [-0.39, 0.29) is 0 Å². The third kappa shape index (κ3) is 4.83. The van der Waals surface area contributed by atoms with Gasteiger partial charge >= 0.3 is 0 Å². The fourth-order valence-corrected chi connectivity index (χ4v) is 2.95. The Morgan fingerprint density at radius 2 is 2.00 bits per heavy atom. The molecule has 0 aromatic heterocycles. The number of hydrogen-bond donors (Lipinski definition) is 1. The van der Waals surface area contributed by atoms with E-state index >= 15 is 0 Å². The van der Waals surface area contributed by atoms with Gasteiger partial charge in [-0.1, -0.05) is 29.7 Å². The van der Waals surface area contributed by atoms with Gasteiger partial charge in [-0.05, 0) is 43.9 Å². The summed E-state index contributed by atoms with van der Waals surface area (Å²) in [6.45, 7) is 5.25. The van der Waals surface area contributed by atoms with Gasteiger partial charge in [-0.3, -0.25) is 4.90 Å². The molecule has 0 spiro atoms. The zero-order valence-electron chi connectivity index (χ0n) is 12.1. The van der Waals surface area contributed by atoms with Gasteiger partial charge in [0.05, 0.1) is 6.54 Å². The van der Waals surface area contributed by atoms with Crippen molar-refractivity contribution in [2.24, 2.45) is 0 Å². The molecule has 0 bridgehead atoms. The van der Waals surface area contributed by atoms with Crippen LogP contribution in [0.25, 0.3) is 0 Å². The number of piperidine rings is 1. The van der Waals surface area contributed by atoms with Crippen molar-refractivity contribution < 1.29 is 0 Å². The van der Waals surface area contributed by atoms with Crippen LogP contribution in [-0.2, 0) is 6.42 Å². The van der Waals surface area contributed by atoms with Crippen molar-refractivity contribution in [2.75, 3.05) is 19.6 Å². The Hall–Kier alpha value is -1.01. The minimum atomic E-state index is 0.486. The number of nitrogens with one attached hydrogen (secondary N) is 1. The Labute approximate surface area is 127 Å². The number of terminal acetylenes is 1. The van der Waals surface area contributed by atoms with Crippen LogP contribution >= 0.6 is 11.6 Å². The molecule has 20 heavy (non-hydrogen) atoms. The Morgan fingerprint density at radius 3 is 2.60 bits per heavy atom. The average molecular weight is 291 g/mol. The van der Waals surface area contributed by atoms with Gasteiger partial charge in [0.2, 0.25) is 0 Å². The second kappa shape index (κ2) is 7.69. The van der Waals surface area contributed by atoms with Crippen molar-refractivity contribution in [2.45, 2.75) is 38.3 Å². The third-order valence-corrected chi connectivity index (χ3v) is 4.13. The SMILES string of the molecule is C#CCN1CCC(NC(C)Cc2ccc(Cl)cc2)CC1. The highest BCUT2D eigenvalue weighted by Crippen LogP contribution is 2.14. The first-order valence-electron chi connectivity index (χ1n) is 7.33. The second-order valence-corrected chi connectivity index (χ2v) is 6.09. The van der Waals surface area contributed by atoms with Crippen molar-refractivity contribution in [3.05, 3.63) is 34.9 Å². The maximum Gasteiger partial charge on any atom is 0.0598 e. The third-order valence-electron chi connectivity index (χ3n) is 3.88. The first-order chi connectivity index (χ1) is 9.67. The fraction of sp³-hybridized carbons (Fsp3) is 0.529. The van der Waals surface area contributed by atoms with Crippen molar-refractivity contribution in [1.82, 2.24) is 10.2 Å². The molecule has 1 unspecified atom stereocenters. The molecular weight excluding hydrogens is 268 g/mol. The van der Waals surface area contributed by atoms with E-state index in [4.69, 9.17) is 18.0 Å². The first kappa shape index (κ1) is 15.4. The van der Waals surface area contributed by atoms with Gasteiger partial charge in [0.15, 0.2) is 0 Å². The number of benzene rings is 1. The molecule has 2 nitrogen and oxygen atoms in total. The molecule has 0 radical (unpaired) electrons. The van der Waals surface area contributed by atoms with E-state index in [0.29, 0.717) is 12.1 Å². The van der Waals surface area contributed by atoms with Gasteiger partial charge in [0.1, 0.15) is 0 Å². The molecule has 2 rings (SSSR count). The highest BCUT2D eigenvalue weighted by Gasteiger charge is 2.19. The Balaban J connectivity index is 1.74. The number of likely N-dealkylation sites (tertiary alicyclic amines) is 1. The van der Waals surface area contributed by atoms with Gasteiger partial charge in [-0.25, -0.2) is 0 Å². The summed E-state index contributed by atoms with van der Waals surface area (Å²) in [4.78, 5) is 2.35. The van der Waals surface area contributed by atoms with E-state index in [9.17, 15) is 0 Å². The molecule has 0 amide bonds. The molecule has 1 heterocycles. The number of hydrogen-bond acceptors (Lipinski definition) is 2. The fourth-order valence-electron chi connectivity index (χ4n) is 2.82. The molecule has 3 heteroatoms. The Morgan fingerprint density at radius 1 is 1.35 bits per heavy atom. The number of nitrogens with zero attached hydrogens (tertiary/aromatic N) is 1. The van der Waals surface area contributed by atoms with E-state index in [1.54, 1.807) is 0 Å². The van der Waals surface area contributed by atoms with Crippen LogP contribution < -0.4 is 5.32 Å². The summed E-state index contributed by atoms with van der Waals surface area (Å²) >= 11 is 5.91. The molecule has 0 saturated carbocycles. The summed E-state index contributed by atoms with van der Waals surface area (Å²) in [7, 11) is 0. The van der Waals surface area contributed by atoms with Crippen LogP contribution in [0.5, 0.6) is 0 Å². The van der Waals surface area contributed by atoms with Crippen molar-refractivity contribution in [3.63, 3.8) is 0 Å². The normalized spacial score (nSPS) is 18.6. The molecule has 1 aromatic carbocycles. The minimum absolute atomic E-state index is 0.486. The van der Waals surface area contributed by atoms with Crippen LogP contribution in [0.15, 0.2) is 24.3 Å². The lowest BCUT2D eigenvalue weighted by Gasteiger charge is -2.33. The predicted molar refractivity (Wildman–Crippen MR) is 86.0 cm³/mol. The quantitative estimate of drug-likeness (QED) is 0.839. The molecule has 1 aliphatic heterocycles. The Bertz CT molecular complexity index is 441. The van der Waals surface area contributed by atoms with E-state index in [1.165, 1.54) is 18.4 Å². The molecule has 108 valence electrons. The van der Waals surface area contributed by atoms with Gasteiger partial charge < -0.3 is 5.32 Å². The maximum absolute atomic E-state index is 5.91. The molecule has 1 fully saturated rings. The highest BCUT2D eigenvalue weighted by atomic mass is 35.5. The lowest BCUT2D eigenvalue weighted by atomic mass is 10.0. The zero-order valence-corrected chi connectivity index (χ0v) is 12.9. The summed E-state index contributed by atoms with van der Waals surface area (Å²) in [6.07, 6.45) is 8.77. The van der Waals surface area contributed by atoms with Crippen molar-refractivity contribution >= 4 is 11.6 Å². The lowest BCUT2D eigenvalue weighted by Crippen LogP contribution is -2.46. The smallest absolute Gasteiger partial charge is 0.0598 e. The summed E-state index contributed by atoms with van der Waals surface area (Å²) in [5.41, 5.74) is 1.33. The van der Waals surface area contributed by atoms with Crippen LogP contribution in [0.2, 0.25) is 5.02 Å². The van der Waals surface area contributed by atoms with Crippen molar-refractivity contribution in [1.29, 1.82) is 0 Å². The summed E-state index contributed by atoms with van der Waals surface area (Å²) in [5.74, 6) is 2.72. The molecule has 1 atom stereocenters. The van der Waals surface area contributed by atoms with E-state index < -0.39 is 0 Å². The average Bonchev–Trinajstić information content (AvgIpc) is 2.44. The van der Waals surface area contributed by atoms with Gasteiger partial charge in [-0.2, -0.15) is 0 Å². The van der Waals surface area contributed by atoms with E-state index in [2.05, 4.69) is 35.2 Å². The molecule has 1 aliphatic rings. The van der Waals surface area contributed by atoms with Crippen LogP contribution in [0, 0.1) is 12.3 Å². The first-order valence-corrected chi connectivity index (χ1v) is 7.71. The Kier molecular flexibility index (Phi) is 5.91. The van der Waals surface area contributed by atoms with E-state index in [0.717, 1.165) is 31.1 Å². The topological polar surface area (TPSA) is 15.3 Å². The van der Waals surface area contributed by atoms with Crippen molar-refractivity contribution in [3.8, 4) is 12.3 Å². The van der Waals surface area contributed by atoms with Crippen LogP contribution in [0.1, 0.15) is 25.3 Å². The summed E-state index contributed by atoms with van der Waals surface area (Å²) < 4.78 is 0. The molecule has 1 N–H and O–H groups in total. The van der Waals surface area contributed by atoms with Gasteiger partial charge in [0, 0.05) is 30.2 Å².